The maximum Gasteiger partial charge on any atom is 0.469 e. The molecule has 162 valence electrons. The van der Waals surface area contributed by atoms with Gasteiger partial charge in [-0.1, -0.05) is 66.9 Å². The summed E-state index contributed by atoms with van der Waals surface area (Å²) in [5.74, 6) is 1.19. The van der Waals surface area contributed by atoms with Crippen molar-refractivity contribution in [1.29, 1.82) is 0 Å². The van der Waals surface area contributed by atoms with Crippen molar-refractivity contribution in [2.24, 2.45) is 5.73 Å². The Morgan fingerprint density at radius 2 is 1.90 bits per heavy atom. The van der Waals surface area contributed by atoms with E-state index < -0.39 is 13.9 Å². The van der Waals surface area contributed by atoms with Gasteiger partial charge in [0, 0.05) is 17.5 Å². The largest absolute Gasteiger partial charge is 0.469 e. The molecular formula is C18H24N5O5PS. The summed E-state index contributed by atoms with van der Waals surface area (Å²) in [7, 11) is -4.58. The van der Waals surface area contributed by atoms with E-state index in [2.05, 4.69) is 31.8 Å². The number of aryl methyl sites for hydroxylation is 1. The molecule has 1 aromatic carbocycles. The summed E-state index contributed by atoms with van der Waals surface area (Å²) in [6, 6.07) is 6.71. The van der Waals surface area contributed by atoms with Gasteiger partial charge in [-0.05, 0) is 6.42 Å². The van der Waals surface area contributed by atoms with Gasteiger partial charge in [0.25, 0.3) is 0 Å². The van der Waals surface area contributed by atoms with E-state index >= 15 is 0 Å². The lowest BCUT2D eigenvalue weighted by atomic mass is 10.1. The maximum absolute atomic E-state index is 10.8. The number of phosphoric acid groups is 1. The van der Waals surface area contributed by atoms with Gasteiger partial charge >= 0.3 is 7.82 Å². The highest BCUT2D eigenvalue weighted by molar-refractivity contribution is 7.46. The fourth-order valence-corrected chi connectivity index (χ4v) is 3.88. The van der Waals surface area contributed by atoms with Crippen molar-refractivity contribution < 1.29 is 23.4 Å². The van der Waals surface area contributed by atoms with Crippen LogP contribution in [0, 0.1) is 0 Å². The van der Waals surface area contributed by atoms with Crippen molar-refractivity contribution >= 4 is 19.2 Å². The Morgan fingerprint density at radius 3 is 2.60 bits per heavy atom. The SMILES string of the molecule is CCCCCCc1nc(-c2ccc(-c3nnc(C(N)COP(=O)(O)O)s3)cc2)no1. The van der Waals surface area contributed by atoms with Crippen molar-refractivity contribution in [3.63, 3.8) is 0 Å². The van der Waals surface area contributed by atoms with Gasteiger partial charge in [0.05, 0.1) is 12.6 Å². The minimum absolute atomic E-state index is 0.351. The summed E-state index contributed by atoms with van der Waals surface area (Å²) in [6.07, 6.45) is 5.36. The zero-order valence-electron chi connectivity index (χ0n) is 16.5. The van der Waals surface area contributed by atoms with E-state index in [9.17, 15) is 4.57 Å². The van der Waals surface area contributed by atoms with Crippen LogP contribution < -0.4 is 5.73 Å². The van der Waals surface area contributed by atoms with Gasteiger partial charge in [-0.15, -0.1) is 10.2 Å². The number of nitrogens with two attached hydrogens (primary N) is 1. The molecular weight excluding hydrogens is 429 g/mol. The lowest BCUT2D eigenvalue weighted by Crippen LogP contribution is -2.16. The lowest BCUT2D eigenvalue weighted by molar-refractivity contribution is 0.186. The molecule has 0 amide bonds. The summed E-state index contributed by atoms with van der Waals surface area (Å²) < 4.78 is 20.5. The zero-order chi connectivity index (χ0) is 21.6. The molecule has 0 radical (unpaired) electrons. The molecule has 0 bridgehead atoms. The number of unbranched alkanes of at least 4 members (excludes halogenated alkanes) is 3. The van der Waals surface area contributed by atoms with E-state index in [4.69, 9.17) is 20.0 Å². The Bertz CT molecular complexity index is 987. The quantitative estimate of drug-likeness (QED) is 0.290. The third-order valence-electron chi connectivity index (χ3n) is 4.28. The number of phosphoric ester groups is 1. The number of nitrogens with zero attached hydrogens (tertiary/aromatic N) is 4. The second-order valence-corrected chi connectivity index (χ2v) is 8.99. The molecule has 3 rings (SSSR count). The minimum Gasteiger partial charge on any atom is -0.339 e. The van der Waals surface area contributed by atoms with E-state index in [1.54, 1.807) is 0 Å². The molecule has 0 saturated carbocycles. The summed E-state index contributed by atoms with van der Waals surface area (Å²) in [5, 5.41) is 13.2. The summed E-state index contributed by atoms with van der Waals surface area (Å²) in [6.45, 7) is 1.82. The highest BCUT2D eigenvalue weighted by atomic mass is 32.1. The van der Waals surface area contributed by atoms with Crippen molar-refractivity contribution in [2.45, 2.75) is 45.1 Å². The Morgan fingerprint density at radius 1 is 1.17 bits per heavy atom. The molecule has 0 spiro atoms. The fraction of sp³-hybridized carbons (Fsp3) is 0.444. The number of hydrogen-bond donors (Lipinski definition) is 3. The normalized spacial score (nSPS) is 12.9. The van der Waals surface area contributed by atoms with Crippen LogP contribution in [0.4, 0.5) is 0 Å². The third kappa shape index (κ3) is 6.49. The van der Waals surface area contributed by atoms with Gasteiger partial charge in [-0.3, -0.25) is 4.52 Å². The Labute approximate surface area is 177 Å². The van der Waals surface area contributed by atoms with Gasteiger partial charge in [-0.25, -0.2) is 4.57 Å². The standard InChI is InChI=1S/C18H24N5O5PS/c1-2-3-4-5-6-15-20-16(23-28-15)12-7-9-13(10-8-12)17-21-22-18(30-17)14(19)11-27-29(24,25)26/h7-10,14H,2-6,11,19H2,1H3,(H2,24,25,26). The Kier molecular flexibility index (Phi) is 7.81. The van der Waals surface area contributed by atoms with Crippen LogP contribution in [0.2, 0.25) is 0 Å². The molecule has 0 aliphatic rings. The van der Waals surface area contributed by atoms with Crippen molar-refractivity contribution in [2.75, 3.05) is 6.61 Å². The molecule has 2 heterocycles. The van der Waals surface area contributed by atoms with E-state index in [0.717, 1.165) is 30.4 Å². The molecule has 4 N–H and O–H groups in total. The van der Waals surface area contributed by atoms with E-state index in [-0.39, 0.29) is 6.61 Å². The van der Waals surface area contributed by atoms with Gasteiger partial charge in [0.15, 0.2) is 0 Å². The molecule has 1 atom stereocenters. The average molecular weight is 453 g/mol. The van der Waals surface area contributed by atoms with E-state index in [0.29, 0.717) is 21.7 Å². The van der Waals surface area contributed by atoms with E-state index in [1.165, 1.54) is 24.2 Å². The summed E-state index contributed by atoms with van der Waals surface area (Å²) in [4.78, 5) is 22.0. The van der Waals surface area contributed by atoms with Crippen LogP contribution in [0.3, 0.4) is 0 Å². The van der Waals surface area contributed by atoms with Gasteiger partial charge < -0.3 is 20.0 Å². The first kappa shape index (κ1) is 22.7. The van der Waals surface area contributed by atoms with Crippen LogP contribution in [-0.4, -0.2) is 36.7 Å². The number of hydrogen-bond acceptors (Lipinski definition) is 9. The molecule has 3 aromatic rings. The zero-order valence-corrected chi connectivity index (χ0v) is 18.2. The molecule has 30 heavy (non-hydrogen) atoms. The first-order chi connectivity index (χ1) is 14.4. The average Bonchev–Trinajstić information content (AvgIpc) is 3.39. The number of rotatable bonds is 11. The van der Waals surface area contributed by atoms with Crippen LogP contribution in [0.25, 0.3) is 22.0 Å². The summed E-state index contributed by atoms with van der Waals surface area (Å²) in [5.41, 5.74) is 7.52. The number of aromatic nitrogens is 4. The van der Waals surface area contributed by atoms with Gasteiger partial charge in [0.2, 0.25) is 11.7 Å². The molecule has 12 heteroatoms. The Balaban J connectivity index is 1.62. The second-order valence-electron chi connectivity index (χ2n) is 6.74. The predicted octanol–water partition coefficient (Wildman–Crippen LogP) is 3.49. The minimum atomic E-state index is -4.58. The predicted molar refractivity (Wildman–Crippen MR) is 111 cm³/mol. The molecule has 0 aliphatic carbocycles. The number of benzene rings is 1. The maximum atomic E-state index is 10.8. The monoisotopic (exact) mass is 453 g/mol. The first-order valence-corrected chi connectivity index (χ1v) is 11.9. The molecule has 2 aromatic heterocycles. The van der Waals surface area contributed by atoms with Crippen LogP contribution in [-0.2, 0) is 15.5 Å². The molecule has 10 nitrogen and oxygen atoms in total. The molecule has 1 unspecified atom stereocenters. The van der Waals surface area contributed by atoms with Crippen LogP contribution in [0.5, 0.6) is 0 Å². The van der Waals surface area contributed by atoms with Gasteiger partial charge in [0.1, 0.15) is 10.0 Å². The highest BCUT2D eigenvalue weighted by Crippen LogP contribution is 2.37. The van der Waals surface area contributed by atoms with Crippen LogP contribution >= 0.6 is 19.2 Å². The first-order valence-electron chi connectivity index (χ1n) is 9.58. The van der Waals surface area contributed by atoms with Crippen molar-refractivity contribution in [3.8, 4) is 22.0 Å². The van der Waals surface area contributed by atoms with Gasteiger partial charge in [-0.2, -0.15) is 4.98 Å². The second kappa shape index (κ2) is 10.3. The van der Waals surface area contributed by atoms with Crippen LogP contribution in [0.1, 0.15) is 49.5 Å². The Hall–Kier alpha value is -2.01. The molecule has 0 aliphatic heterocycles. The van der Waals surface area contributed by atoms with Crippen molar-refractivity contribution in [1.82, 2.24) is 20.3 Å². The lowest BCUT2D eigenvalue weighted by Gasteiger charge is -2.08. The fourth-order valence-electron chi connectivity index (χ4n) is 2.69. The smallest absolute Gasteiger partial charge is 0.339 e. The van der Waals surface area contributed by atoms with Crippen LogP contribution in [0.15, 0.2) is 28.8 Å². The topological polar surface area (TPSA) is 157 Å². The molecule has 0 saturated heterocycles. The highest BCUT2D eigenvalue weighted by Gasteiger charge is 2.20. The summed E-state index contributed by atoms with van der Waals surface area (Å²) >= 11 is 1.23. The van der Waals surface area contributed by atoms with E-state index in [1.807, 2.05) is 24.3 Å². The van der Waals surface area contributed by atoms with Crippen molar-refractivity contribution in [3.05, 3.63) is 35.2 Å². The third-order valence-corrected chi connectivity index (χ3v) is 5.87. The molecule has 0 fully saturated rings.